The number of alkyl halides is 1. The quantitative estimate of drug-likeness (QED) is 0.305. The number of para-hydroxylation sites is 1. The Kier molecular flexibility index (Phi) is 5.87. The predicted octanol–water partition coefficient (Wildman–Crippen LogP) is 4.67. The summed E-state index contributed by atoms with van der Waals surface area (Å²) in [5.74, 6) is 1.33. The van der Waals surface area contributed by atoms with Crippen LogP contribution in [0.15, 0.2) is 54.7 Å². The summed E-state index contributed by atoms with van der Waals surface area (Å²) in [6.45, 7) is 2.95. The Morgan fingerprint density at radius 2 is 1.96 bits per heavy atom. The average Bonchev–Trinajstić information content (AvgIpc) is 3.17. The highest BCUT2D eigenvalue weighted by atomic mass is 127. The third-order valence-electron chi connectivity index (χ3n) is 5.22. The van der Waals surface area contributed by atoms with Crippen LogP contribution in [0.1, 0.15) is 25.3 Å². The van der Waals surface area contributed by atoms with Crippen LogP contribution in [0.25, 0.3) is 28.1 Å². The third-order valence-corrected chi connectivity index (χ3v) is 6.75. The SMILES string of the molecule is CCCC(Cc1cccc2ccc(-c3nnc4ccccn34)nc12)[C@H](I)CN. The second-order valence-electron chi connectivity index (χ2n) is 7.14. The second-order valence-corrected chi connectivity index (χ2v) is 8.74. The smallest absolute Gasteiger partial charge is 0.187 e. The van der Waals surface area contributed by atoms with Crippen molar-refractivity contribution in [1.29, 1.82) is 0 Å². The fourth-order valence-corrected chi connectivity index (χ4v) is 4.38. The van der Waals surface area contributed by atoms with Crippen LogP contribution in [-0.2, 0) is 6.42 Å². The number of hydrogen-bond donors (Lipinski definition) is 1. The Balaban J connectivity index is 1.77. The number of nitrogens with two attached hydrogens (primary N) is 1. The zero-order valence-electron chi connectivity index (χ0n) is 15.9. The highest BCUT2D eigenvalue weighted by Gasteiger charge is 2.19. The molecule has 0 fully saturated rings. The Labute approximate surface area is 178 Å². The number of fused-ring (bicyclic) bond motifs is 2. The molecule has 0 bridgehead atoms. The van der Waals surface area contributed by atoms with Gasteiger partial charge in [-0.3, -0.25) is 4.40 Å². The predicted molar refractivity (Wildman–Crippen MR) is 123 cm³/mol. The highest BCUT2D eigenvalue weighted by molar-refractivity contribution is 14.1. The molecule has 0 radical (unpaired) electrons. The molecule has 1 aromatic carbocycles. The number of aromatic nitrogens is 4. The van der Waals surface area contributed by atoms with E-state index in [2.05, 4.69) is 64.0 Å². The molecule has 0 saturated heterocycles. The zero-order chi connectivity index (χ0) is 19.5. The molecular weight excluding hydrogens is 461 g/mol. The maximum Gasteiger partial charge on any atom is 0.187 e. The normalized spacial score (nSPS) is 13.8. The molecular formula is C22H24IN5. The number of nitrogens with zero attached hydrogens (tertiary/aromatic N) is 4. The lowest BCUT2D eigenvalue weighted by Gasteiger charge is -2.21. The van der Waals surface area contributed by atoms with Crippen LogP contribution < -0.4 is 5.73 Å². The molecule has 2 atom stereocenters. The van der Waals surface area contributed by atoms with Crippen LogP contribution in [0.3, 0.4) is 0 Å². The van der Waals surface area contributed by atoms with Gasteiger partial charge in [-0.15, -0.1) is 10.2 Å². The van der Waals surface area contributed by atoms with Crippen molar-refractivity contribution in [2.24, 2.45) is 11.7 Å². The van der Waals surface area contributed by atoms with Gasteiger partial charge in [0.1, 0.15) is 5.69 Å². The number of halogens is 1. The summed E-state index contributed by atoms with van der Waals surface area (Å²) in [4.78, 5) is 5.01. The first-order valence-electron chi connectivity index (χ1n) is 9.74. The molecule has 4 rings (SSSR count). The van der Waals surface area contributed by atoms with Gasteiger partial charge < -0.3 is 5.73 Å². The monoisotopic (exact) mass is 485 g/mol. The van der Waals surface area contributed by atoms with Crippen molar-refractivity contribution < 1.29 is 0 Å². The maximum atomic E-state index is 5.97. The first-order chi connectivity index (χ1) is 13.7. The summed E-state index contributed by atoms with van der Waals surface area (Å²) in [5.41, 5.74) is 9.97. The summed E-state index contributed by atoms with van der Waals surface area (Å²) < 4.78 is 2.45. The molecule has 1 unspecified atom stereocenters. The first kappa shape index (κ1) is 19.3. The molecule has 0 aliphatic rings. The van der Waals surface area contributed by atoms with Crippen LogP contribution in [0.2, 0.25) is 0 Å². The van der Waals surface area contributed by atoms with Gasteiger partial charge in [-0.05, 0) is 42.5 Å². The van der Waals surface area contributed by atoms with Gasteiger partial charge in [-0.1, -0.05) is 66.3 Å². The van der Waals surface area contributed by atoms with E-state index in [-0.39, 0.29) is 0 Å². The molecule has 0 amide bonds. The zero-order valence-corrected chi connectivity index (χ0v) is 18.1. The van der Waals surface area contributed by atoms with Crippen molar-refractivity contribution in [1.82, 2.24) is 19.6 Å². The molecule has 4 aromatic rings. The van der Waals surface area contributed by atoms with Crippen LogP contribution in [-0.4, -0.2) is 30.1 Å². The van der Waals surface area contributed by atoms with E-state index in [1.54, 1.807) is 0 Å². The molecule has 5 nitrogen and oxygen atoms in total. The summed E-state index contributed by atoms with van der Waals surface area (Å²) in [6.07, 6.45) is 5.31. The maximum absolute atomic E-state index is 5.97. The van der Waals surface area contributed by atoms with Gasteiger partial charge >= 0.3 is 0 Å². The van der Waals surface area contributed by atoms with Gasteiger partial charge in [0.15, 0.2) is 11.5 Å². The fraction of sp³-hybridized carbons (Fsp3) is 0.318. The fourth-order valence-electron chi connectivity index (χ4n) is 3.77. The van der Waals surface area contributed by atoms with Crippen LogP contribution in [0.5, 0.6) is 0 Å². The Morgan fingerprint density at radius 1 is 1.07 bits per heavy atom. The van der Waals surface area contributed by atoms with Crippen molar-refractivity contribution in [3.05, 3.63) is 60.3 Å². The van der Waals surface area contributed by atoms with E-state index < -0.39 is 0 Å². The van der Waals surface area contributed by atoms with Crippen molar-refractivity contribution in [3.63, 3.8) is 0 Å². The first-order valence-corrected chi connectivity index (χ1v) is 11.0. The number of benzene rings is 1. The minimum Gasteiger partial charge on any atom is -0.329 e. The Hall–Kier alpha value is -2.06. The van der Waals surface area contributed by atoms with Crippen LogP contribution >= 0.6 is 22.6 Å². The summed E-state index contributed by atoms with van der Waals surface area (Å²) in [6, 6.07) is 16.5. The standard InChI is InChI=1S/C22H24IN5/c1-2-6-16(18(23)14-24)13-17-8-5-7-15-10-11-19(25-21(15)17)22-27-26-20-9-3-4-12-28(20)22/h3-5,7-12,16,18H,2,6,13-14,24H2,1H3/t16?,18-/m1/s1. The second kappa shape index (κ2) is 8.53. The summed E-state index contributed by atoms with van der Waals surface area (Å²) >= 11 is 2.50. The highest BCUT2D eigenvalue weighted by Crippen LogP contribution is 2.28. The van der Waals surface area contributed by atoms with Crippen molar-refractivity contribution >= 4 is 39.1 Å². The summed E-state index contributed by atoms with van der Waals surface area (Å²) in [7, 11) is 0. The van der Waals surface area contributed by atoms with Crippen LogP contribution in [0, 0.1) is 5.92 Å². The van der Waals surface area contributed by atoms with Crippen molar-refractivity contribution in [2.75, 3.05) is 6.54 Å². The van der Waals surface area contributed by atoms with E-state index >= 15 is 0 Å². The van der Waals surface area contributed by atoms with Gasteiger partial charge in [0, 0.05) is 22.1 Å². The lowest BCUT2D eigenvalue weighted by atomic mass is 9.91. The number of pyridine rings is 2. The van der Waals surface area contributed by atoms with Gasteiger partial charge in [-0.25, -0.2) is 4.98 Å². The molecule has 3 heterocycles. The van der Waals surface area contributed by atoms with E-state index in [1.165, 1.54) is 18.4 Å². The van der Waals surface area contributed by atoms with Crippen LogP contribution in [0.4, 0.5) is 0 Å². The Bertz CT molecular complexity index is 1090. The average molecular weight is 485 g/mol. The van der Waals surface area contributed by atoms with E-state index in [1.807, 2.05) is 34.9 Å². The molecule has 0 aliphatic heterocycles. The topological polar surface area (TPSA) is 69.1 Å². The number of hydrogen-bond acceptors (Lipinski definition) is 4. The minimum absolute atomic E-state index is 0.469. The molecule has 6 heteroatoms. The van der Waals surface area contributed by atoms with Gasteiger partial charge in [0.2, 0.25) is 0 Å². The molecule has 0 saturated carbocycles. The third kappa shape index (κ3) is 3.75. The van der Waals surface area contributed by atoms with E-state index in [9.17, 15) is 0 Å². The molecule has 144 valence electrons. The van der Waals surface area contributed by atoms with Crippen molar-refractivity contribution in [2.45, 2.75) is 30.1 Å². The molecule has 2 N–H and O–H groups in total. The number of rotatable bonds is 7. The molecule has 0 spiro atoms. The van der Waals surface area contributed by atoms with Gasteiger partial charge in [0.25, 0.3) is 0 Å². The lowest BCUT2D eigenvalue weighted by molar-refractivity contribution is 0.473. The van der Waals surface area contributed by atoms with Crippen molar-refractivity contribution in [3.8, 4) is 11.5 Å². The molecule has 0 aliphatic carbocycles. The van der Waals surface area contributed by atoms with E-state index in [0.29, 0.717) is 16.4 Å². The lowest BCUT2D eigenvalue weighted by Crippen LogP contribution is -2.25. The molecule has 28 heavy (non-hydrogen) atoms. The Morgan fingerprint density at radius 3 is 2.79 bits per heavy atom. The summed E-state index contributed by atoms with van der Waals surface area (Å²) in [5, 5.41) is 9.78. The van der Waals surface area contributed by atoms with Gasteiger partial charge in [-0.2, -0.15) is 0 Å². The van der Waals surface area contributed by atoms with E-state index in [4.69, 9.17) is 10.7 Å². The largest absolute Gasteiger partial charge is 0.329 e. The van der Waals surface area contributed by atoms with Gasteiger partial charge in [0.05, 0.1) is 5.52 Å². The minimum atomic E-state index is 0.469. The van der Waals surface area contributed by atoms with E-state index in [0.717, 1.165) is 34.5 Å². The molecule has 3 aromatic heterocycles.